The lowest BCUT2D eigenvalue weighted by Crippen LogP contribution is -2.63. The number of ether oxygens (including phenoxy) is 1. The van der Waals surface area contributed by atoms with Crippen molar-refractivity contribution in [3.05, 3.63) is 0 Å². The van der Waals surface area contributed by atoms with E-state index >= 15 is 0 Å². The van der Waals surface area contributed by atoms with Gasteiger partial charge in [0.05, 0.1) is 6.42 Å². The predicted octanol–water partition coefficient (Wildman–Crippen LogP) is 5.60. The third kappa shape index (κ3) is 3.68. The first-order chi connectivity index (χ1) is 14.4. The molecule has 0 saturated heterocycles. The summed E-state index contributed by atoms with van der Waals surface area (Å²) in [6, 6.07) is 0. The highest BCUT2D eigenvalue weighted by Gasteiger charge is 2.81. The lowest BCUT2D eigenvalue weighted by Gasteiger charge is -2.62. The Kier molecular flexibility index (Phi) is 6.09. The molecule has 4 fully saturated rings. The van der Waals surface area contributed by atoms with Crippen LogP contribution in [0.4, 0.5) is 39.5 Å². The van der Waals surface area contributed by atoms with Crippen LogP contribution in [0, 0.1) is 29.6 Å². The summed E-state index contributed by atoms with van der Waals surface area (Å²) < 4.78 is 123. The number of aliphatic hydroxyl groups excluding tert-OH is 1. The van der Waals surface area contributed by atoms with Crippen molar-refractivity contribution in [2.24, 2.45) is 29.6 Å². The van der Waals surface area contributed by atoms with Crippen LogP contribution in [0.3, 0.4) is 0 Å². The normalized spacial score (nSPS) is 34.2. The van der Waals surface area contributed by atoms with E-state index in [0.717, 1.165) is 6.42 Å². The molecule has 3 nitrogen and oxygen atoms in total. The number of halogens is 9. The van der Waals surface area contributed by atoms with E-state index in [0.29, 0.717) is 37.5 Å². The number of carbonyl (C=O) groups excluding carboxylic acids is 1. The van der Waals surface area contributed by atoms with Gasteiger partial charge in [-0.25, -0.2) is 4.79 Å². The monoisotopic (exact) mass is 484 g/mol. The average Bonchev–Trinajstić information content (AvgIpc) is 2.62. The Morgan fingerprint density at radius 3 is 1.69 bits per heavy atom. The third-order valence-corrected chi connectivity index (χ3v) is 7.53. The van der Waals surface area contributed by atoms with E-state index in [1.807, 2.05) is 0 Å². The van der Waals surface area contributed by atoms with E-state index in [1.54, 1.807) is 13.8 Å². The Morgan fingerprint density at radius 2 is 1.31 bits per heavy atom. The number of rotatable bonds is 7. The second kappa shape index (κ2) is 7.66. The van der Waals surface area contributed by atoms with Gasteiger partial charge in [-0.15, -0.1) is 0 Å². The fourth-order valence-electron chi connectivity index (χ4n) is 6.25. The van der Waals surface area contributed by atoms with Crippen LogP contribution >= 0.6 is 0 Å². The summed E-state index contributed by atoms with van der Waals surface area (Å²) in [7, 11) is 0. The SMILES string of the molecule is CC(C)C1(OC(=O)C(O)CC(F)(F)C(F)(F)C(F)(F)C(F)(F)F)C2CC3CC(C2)CC1C3. The van der Waals surface area contributed by atoms with Crippen LogP contribution in [-0.2, 0) is 9.53 Å². The molecule has 186 valence electrons. The van der Waals surface area contributed by atoms with Crippen molar-refractivity contribution in [2.45, 2.75) is 88.0 Å². The average molecular weight is 484 g/mol. The van der Waals surface area contributed by atoms with Gasteiger partial charge in [-0.3, -0.25) is 0 Å². The van der Waals surface area contributed by atoms with Gasteiger partial charge in [0.2, 0.25) is 0 Å². The van der Waals surface area contributed by atoms with Crippen molar-refractivity contribution in [3.63, 3.8) is 0 Å². The first-order valence-electron chi connectivity index (χ1n) is 10.5. The second-order valence-electron chi connectivity index (χ2n) is 9.80. The van der Waals surface area contributed by atoms with E-state index in [-0.39, 0.29) is 17.8 Å². The van der Waals surface area contributed by atoms with Gasteiger partial charge in [-0.1, -0.05) is 13.8 Å². The maximum atomic E-state index is 13.9. The summed E-state index contributed by atoms with van der Waals surface area (Å²) >= 11 is 0. The Hall–Kier alpha value is -1.20. The van der Waals surface area contributed by atoms with Gasteiger partial charge in [-0.2, -0.15) is 39.5 Å². The second-order valence-corrected chi connectivity index (χ2v) is 9.80. The molecule has 12 heteroatoms. The molecule has 0 amide bonds. The molecule has 4 saturated carbocycles. The number of carbonyl (C=O) groups is 1. The molecule has 4 rings (SSSR count). The van der Waals surface area contributed by atoms with E-state index in [1.165, 1.54) is 0 Å². The minimum absolute atomic E-state index is 0.133. The highest BCUT2D eigenvalue weighted by atomic mass is 19.4. The summed E-state index contributed by atoms with van der Waals surface area (Å²) in [5.74, 6) is -21.5. The van der Waals surface area contributed by atoms with Gasteiger partial charge in [0.15, 0.2) is 6.10 Å². The molecule has 4 aliphatic carbocycles. The van der Waals surface area contributed by atoms with Gasteiger partial charge in [0.25, 0.3) is 0 Å². The number of hydrogen-bond donors (Lipinski definition) is 1. The zero-order valence-electron chi connectivity index (χ0n) is 17.4. The van der Waals surface area contributed by atoms with Crippen molar-refractivity contribution < 1.29 is 54.2 Å². The van der Waals surface area contributed by atoms with Crippen LogP contribution in [0.25, 0.3) is 0 Å². The minimum Gasteiger partial charge on any atom is -0.456 e. The fraction of sp³-hybridized carbons (Fsp3) is 0.950. The van der Waals surface area contributed by atoms with E-state index in [9.17, 15) is 49.4 Å². The molecule has 1 N–H and O–H groups in total. The van der Waals surface area contributed by atoms with Crippen molar-refractivity contribution in [3.8, 4) is 0 Å². The summed E-state index contributed by atoms with van der Waals surface area (Å²) in [5, 5.41) is 9.82. The van der Waals surface area contributed by atoms with Crippen molar-refractivity contribution in [1.29, 1.82) is 0 Å². The molecule has 0 aromatic carbocycles. The zero-order valence-corrected chi connectivity index (χ0v) is 17.4. The van der Waals surface area contributed by atoms with Crippen LogP contribution in [0.1, 0.15) is 52.4 Å². The Balaban J connectivity index is 1.78. The maximum absolute atomic E-state index is 13.9. The lowest BCUT2D eigenvalue weighted by molar-refractivity contribution is -0.398. The third-order valence-electron chi connectivity index (χ3n) is 7.53. The summed E-state index contributed by atoms with van der Waals surface area (Å²) in [6.45, 7) is 3.46. The standard InChI is InChI=1S/C20H25F9O3/c1-9(2)17(12-4-10-3-11(6-12)7-13(17)5-10)32-15(31)14(30)8-16(21,22)18(23,24)19(25,26)20(27,28)29/h9-14,30H,3-8H2,1-2H3. The van der Waals surface area contributed by atoms with E-state index < -0.39 is 48.0 Å². The maximum Gasteiger partial charge on any atom is 0.460 e. The Morgan fingerprint density at radius 1 is 0.875 bits per heavy atom. The summed E-state index contributed by atoms with van der Waals surface area (Å²) in [6.07, 6.45) is -8.74. The number of alkyl halides is 9. The fourth-order valence-corrected chi connectivity index (χ4v) is 6.25. The molecule has 0 heterocycles. The minimum atomic E-state index is -7.08. The van der Waals surface area contributed by atoms with Gasteiger partial charge < -0.3 is 9.84 Å². The summed E-state index contributed by atoms with van der Waals surface area (Å²) in [5.41, 5.74) is -1.14. The number of aliphatic hydroxyl groups is 1. The Labute approximate surface area is 178 Å². The molecule has 0 spiro atoms. The first kappa shape index (κ1) is 25.4. The Bertz CT molecular complexity index is 704. The van der Waals surface area contributed by atoms with Gasteiger partial charge >= 0.3 is 29.9 Å². The molecule has 0 aliphatic heterocycles. The molecular weight excluding hydrogens is 459 g/mol. The molecular formula is C20H25F9O3. The van der Waals surface area contributed by atoms with Crippen molar-refractivity contribution in [1.82, 2.24) is 0 Å². The first-order valence-corrected chi connectivity index (χ1v) is 10.5. The smallest absolute Gasteiger partial charge is 0.456 e. The van der Waals surface area contributed by atoms with Crippen LogP contribution in [0.15, 0.2) is 0 Å². The molecule has 4 bridgehead atoms. The highest BCUT2D eigenvalue weighted by Crippen LogP contribution is 2.62. The van der Waals surface area contributed by atoms with Gasteiger partial charge in [0, 0.05) is 0 Å². The number of esters is 1. The van der Waals surface area contributed by atoms with Crippen molar-refractivity contribution >= 4 is 5.97 Å². The van der Waals surface area contributed by atoms with Crippen LogP contribution in [0.5, 0.6) is 0 Å². The largest absolute Gasteiger partial charge is 0.460 e. The molecule has 32 heavy (non-hydrogen) atoms. The van der Waals surface area contributed by atoms with Gasteiger partial charge in [0.1, 0.15) is 5.60 Å². The lowest BCUT2D eigenvalue weighted by atomic mass is 9.47. The van der Waals surface area contributed by atoms with Crippen LogP contribution in [0.2, 0.25) is 0 Å². The van der Waals surface area contributed by atoms with E-state index in [4.69, 9.17) is 4.74 Å². The number of hydrogen-bond acceptors (Lipinski definition) is 3. The molecule has 0 radical (unpaired) electrons. The topological polar surface area (TPSA) is 46.5 Å². The highest BCUT2D eigenvalue weighted by molar-refractivity contribution is 5.75. The quantitative estimate of drug-likeness (QED) is 0.378. The molecule has 4 aliphatic rings. The van der Waals surface area contributed by atoms with E-state index in [2.05, 4.69) is 0 Å². The zero-order chi connectivity index (χ0) is 24.5. The van der Waals surface area contributed by atoms with Gasteiger partial charge in [-0.05, 0) is 61.7 Å². The van der Waals surface area contributed by atoms with Crippen molar-refractivity contribution in [2.75, 3.05) is 0 Å². The molecule has 0 aromatic rings. The predicted molar refractivity (Wildman–Crippen MR) is 92.2 cm³/mol. The molecule has 1 atom stereocenters. The molecule has 0 aromatic heterocycles. The van der Waals surface area contributed by atoms with Crippen LogP contribution < -0.4 is 0 Å². The van der Waals surface area contributed by atoms with Crippen LogP contribution in [-0.4, -0.2) is 46.7 Å². The summed E-state index contributed by atoms with van der Waals surface area (Å²) in [4.78, 5) is 12.4. The molecule has 1 unspecified atom stereocenters.